The van der Waals surface area contributed by atoms with Crippen molar-refractivity contribution in [1.29, 1.82) is 0 Å². The molecule has 0 aliphatic carbocycles. The molecule has 8 heteroatoms. The van der Waals surface area contributed by atoms with Crippen molar-refractivity contribution in [3.63, 3.8) is 0 Å². The molecule has 2 rings (SSSR count). The van der Waals surface area contributed by atoms with Gasteiger partial charge in [-0.3, -0.25) is 4.79 Å². The molecule has 1 heterocycles. The Morgan fingerprint density at radius 3 is 2.71 bits per heavy atom. The van der Waals surface area contributed by atoms with Gasteiger partial charge in [0.1, 0.15) is 5.82 Å². The quantitative estimate of drug-likeness (QED) is 0.761. The summed E-state index contributed by atoms with van der Waals surface area (Å²) < 4.78 is 2.04. The number of aryl methyl sites for hydroxylation is 1. The smallest absolute Gasteiger partial charge is 0.241 e. The van der Waals surface area contributed by atoms with Gasteiger partial charge >= 0.3 is 0 Å². The first kappa shape index (κ1) is 22.8. The predicted octanol–water partition coefficient (Wildman–Crippen LogP) is 3.10. The highest BCUT2D eigenvalue weighted by Gasteiger charge is 2.14. The molecule has 3 N–H and O–H groups in total. The molecule has 0 unspecified atom stereocenters. The first-order valence-electron chi connectivity index (χ1n) is 7.23. The highest BCUT2D eigenvalue weighted by molar-refractivity contribution is 7.98. The number of nitrogens with two attached hydrogens (primary N) is 1. The van der Waals surface area contributed by atoms with Crippen molar-refractivity contribution in [2.45, 2.75) is 25.9 Å². The van der Waals surface area contributed by atoms with E-state index in [1.807, 2.05) is 48.2 Å². The van der Waals surface area contributed by atoms with Gasteiger partial charge in [0.15, 0.2) is 0 Å². The van der Waals surface area contributed by atoms with Crippen LogP contribution in [-0.4, -0.2) is 33.5 Å². The lowest BCUT2D eigenvalue weighted by Crippen LogP contribution is -2.36. The van der Waals surface area contributed by atoms with E-state index in [0.29, 0.717) is 13.0 Å². The number of nitrogens with one attached hydrogen (secondary N) is 1. The van der Waals surface area contributed by atoms with E-state index < -0.39 is 6.04 Å². The molecule has 0 saturated carbocycles. The minimum Gasteiger partial charge on any atom is -0.331 e. The van der Waals surface area contributed by atoms with E-state index >= 15 is 0 Å². The highest BCUT2D eigenvalue weighted by atomic mass is 35.5. The van der Waals surface area contributed by atoms with E-state index in [9.17, 15) is 4.79 Å². The lowest BCUT2D eigenvalue weighted by Gasteiger charge is -2.15. The van der Waals surface area contributed by atoms with Gasteiger partial charge in [0, 0.05) is 18.1 Å². The Labute approximate surface area is 159 Å². The van der Waals surface area contributed by atoms with Crippen LogP contribution in [0.3, 0.4) is 0 Å². The number of imidazole rings is 1. The molecule has 0 saturated heterocycles. The van der Waals surface area contributed by atoms with E-state index in [1.54, 1.807) is 18.0 Å². The maximum absolute atomic E-state index is 12.2. The van der Waals surface area contributed by atoms with Gasteiger partial charge in [0.05, 0.1) is 12.6 Å². The van der Waals surface area contributed by atoms with E-state index in [2.05, 4.69) is 10.3 Å². The average molecular weight is 391 g/mol. The molecule has 1 amide bonds. The number of carbonyl (C=O) groups excluding carboxylic acids is 1. The minimum atomic E-state index is -0.476. The van der Waals surface area contributed by atoms with Crippen molar-refractivity contribution < 1.29 is 4.79 Å². The normalized spacial score (nSPS) is 11.1. The zero-order valence-corrected chi connectivity index (χ0v) is 16.2. The number of aromatic nitrogens is 2. The molecule has 5 nitrogen and oxygen atoms in total. The lowest BCUT2D eigenvalue weighted by molar-refractivity contribution is -0.117. The predicted molar refractivity (Wildman–Crippen MR) is 107 cm³/mol. The van der Waals surface area contributed by atoms with Crippen LogP contribution in [0.25, 0.3) is 0 Å². The molecule has 24 heavy (non-hydrogen) atoms. The van der Waals surface area contributed by atoms with Crippen molar-refractivity contribution in [3.05, 3.63) is 48.0 Å². The molecule has 1 aromatic heterocycles. The first-order valence-corrected chi connectivity index (χ1v) is 8.62. The second-order valence-electron chi connectivity index (χ2n) is 5.14. The van der Waals surface area contributed by atoms with E-state index in [0.717, 1.165) is 22.8 Å². The summed E-state index contributed by atoms with van der Waals surface area (Å²) >= 11 is 1.69. The second-order valence-corrected chi connectivity index (χ2v) is 6.12. The maximum atomic E-state index is 12.2. The fourth-order valence-electron chi connectivity index (χ4n) is 2.14. The van der Waals surface area contributed by atoms with Crippen LogP contribution in [0.5, 0.6) is 0 Å². The molecule has 134 valence electrons. The summed E-state index contributed by atoms with van der Waals surface area (Å²) in [7, 11) is 0. The Morgan fingerprint density at radius 2 is 2.08 bits per heavy atom. The molecule has 0 fully saturated rings. The standard InChI is InChI=1S/C16H22N4OS.2ClH/c1-12-18-8-9-20(12)11-13-5-3-4-6-15(13)19-16(21)14(17)7-10-22-2;;/h3-6,8-9,14H,7,10-11,17H2,1-2H3,(H,19,21);2*1H/t14-;;/m0../s1. The van der Waals surface area contributed by atoms with Crippen LogP contribution >= 0.6 is 36.6 Å². The van der Waals surface area contributed by atoms with Crippen LogP contribution in [-0.2, 0) is 11.3 Å². The fourth-order valence-corrected chi connectivity index (χ4v) is 2.63. The Morgan fingerprint density at radius 1 is 1.38 bits per heavy atom. The zero-order valence-electron chi connectivity index (χ0n) is 13.8. The summed E-state index contributed by atoms with van der Waals surface area (Å²) in [5, 5.41) is 2.94. The Kier molecular flexibility index (Phi) is 10.8. The third-order valence-electron chi connectivity index (χ3n) is 3.51. The summed E-state index contributed by atoms with van der Waals surface area (Å²) in [5.74, 6) is 1.69. The van der Waals surface area contributed by atoms with Crippen molar-refractivity contribution in [2.24, 2.45) is 5.73 Å². The summed E-state index contributed by atoms with van der Waals surface area (Å²) in [5.41, 5.74) is 7.76. The largest absolute Gasteiger partial charge is 0.331 e. The molecular weight excluding hydrogens is 367 g/mol. The molecule has 2 aromatic rings. The van der Waals surface area contributed by atoms with Gasteiger partial charge in [-0.15, -0.1) is 24.8 Å². The first-order chi connectivity index (χ1) is 10.6. The van der Waals surface area contributed by atoms with Gasteiger partial charge in [-0.1, -0.05) is 18.2 Å². The summed E-state index contributed by atoms with van der Waals surface area (Å²) in [6.45, 7) is 2.63. The molecule has 0 spiro atoms. The molecule has 1 atom stereocenters. The Balaban J connectivity index is 0.00000264. The van der Waals surface area contributed by atoms with E-state index in [1.165, 1.54) is 0 Å². The SMILES string of the molecule is CSCC[C@H](N)C(=O)Nc1ccccc1Cn1ccnc1C.Cl.Cl. The molecular formula is C16H24Cl2N4OS. The molecule has 1 aromatic carbocycles. The van der Waals surface area contributed by atoms with Crippen molar-refractivity contribution >= 4 is 48.2 Å². The topological polar surface area (TPSA) is 72.9 Å². The summed E-state index contributed by atoms with van der Waals surface area (Å²) in [4.78, 5) is 16.4. The number of para-hydroxylation sites is 1. The summed E-state index contributed by atoms with van der Waals surface area (Å²) in [6, 6.07) is 7.30. The number of hydrogen-bond acceptors (Lipinski definition) is 4. The summed E-state index contributed by atoms with van der Waals surface area (Å²) in [6.07, 6.45) is 6.39. The Bertz CT molecular complexity index is 636. The van der Waals surface area contributed by atoms with Crippen LogP contribution < -0.4 is 11.1 Å². The van der Waals surface area contributed by atoms with Gasteiger partial charge in [-0.2, -0.15) is 11.8 Å². The van der Waals surface area contributed by atoms with E-state index in [4.69, 9.17) is 5.73 Å². The third-order valence-corrected chi connectivity index (χ3v) is 4.15. The van der Waals surface area contributed by atoms with Crippen molar-refractivity contribution in [2.75, 3.05) is 17.3 Å². The molecule has 0 aliphatic rings. The molecule has 0 radical (unpaired) electrons. The van der Waals surface area contributed by atoms with Crippen LogP contribution in [0, 0.1) is 6.92 Å². The zero-order chi connectivity index (χ0) is 15.9. The van der Waals surface area contributed by atoms with Gasteiger partial charge in [0.2, 0.25) is 5.91 Å². The monoisotopic (exact) mass is 390 g/mol. The van der Waals surface area contributed by atoms with Crippen molar-refractivity contribution in [1.82, 2.24) is 9.55 Å². The molecule has 0 bridgehead atoms. The number of halogens is 2. The second kappa shape index (κ2) is 11.4. The van der Waals surface area contributed by atoms with Crippen LogP contribution in [0.4, 0.5) is 5.69 Å². The van der Waals surface area contributed by atoms with Gasteiger partial charge < -0.3 is 15.6 Å². The third kappa shape index (κ3) is 6.36. The number of anilines is 1. The number of rotatable bonds is 7. The van der Waals surface area contributed by atoms with Crippen LogP contribution in [0.15, 0.2) is 36.7 Å². The fraction of sp³-hybridized carbons (Fsp3) is 0.375. The number of amides is 1. The number of benzene rings is 1. The van der Waals surface area contributed by atoms with Gasteiger partial charge in [-0.25, -0.2) is 4.98 Å². The van der Waals surface area contributed by atoms with Crippen LogP contribution in [0.1, 0.15) is 17.8 Å². The van der Waals surface area contributed by atoms with Gasteiger partial charge in [0.25, 0.3) is 0 Å². The number of carbonyl (C=O) groups is 1. The number of thioether (sulfide) groups is 1. The number of hydrogen-bond donors (Lipinski definition) is 2. The minimum absolute atomic E-state index is 0. The van der Waals surface area contributed by atoms with Crippen molar-refractivity contribution in [3.8, 4) is 0 Å². The average Bonchev–Trinajstić information content (AvgIpc) is 2.92. The lowest BCUT2D eigenvalue weighted by atomic mass is 10.1. The van der Waals surface area contributed by atoms with E-state index in [-0.39, 0.29) is 30.7 Å². The molecule has 0 aliphatic heterocycles. The maximum Gasteiger partial charge on any atom is 0.241 e. The Hall–Kier alpha value is -1.21. The van der Waals surface area contributed by atoms with Gasteiger partial charge in [-0.05, 0) is 37.0 Å². The van der Waals surface area contributed by atoms with Crippen LogP contribution in [0.2, 0.25) is 0 Å². The number of nitrogens with zero attached hydrogens (tertiary/aromatic N) is 2. The highest BCUT2D eigenvalue weighted by Crippen LogP contribution is 2.17.